The predicted molar refractivity (Wildman–Crippen MR) is 88.8 cm³/mol. The zero-order chi connectivity index (χ0) is 18.3. The van der Waals surface area contributed by atoms with Crippen molar-refractivity contribution in [2.75, 3.05) is 12.1 Å². The number of aliphatic hydroxyl groups is 1. The number of fused-ring (bicyclic) bond motifs is 1. The van der Waals surface area contributed by atoms with E-state index >= 15 is 0 Å². The maximum atomic E-state index is 12.2. The van der Waals surface area contributed by atoms with Crippen LogP contribution in [0.3, 0.4) is 0 Å². The molecule has 1 unspecified atom stereocenters. The Morgan fingerprint density at radius 3 is 2.54 bits per heavy atom. The van der Waals surface area contributed by atoms with E-state index in [2.05, 4.69) is 4.98 Å². The average Bonchev–Trinajstić information content (AvgIpc) is 3.21. The summed E-state index contributed by atoms with van der Waals surface area (Å²) in [6.45, 7) is -0.285. The number of benzene rings is 1. The number of nitrogens with one attached hydrogen (secondary N) is 1. The third kappa shape index (κ3) is 2.98. The Morgan fingerprint density at radius 2 is 1.88 bits per heavy atom. The Morgan fingerprint density at radius 1 is 1.15 bits per heavy atom. The number of nitrogens with zero attached hydrogens (tertiary/aromatic N) is 2. The molecular weight excluding hydrogens is 366 g/mol. The molecule has 2 aliphatic heterocycles. The summed E-state index contributed by atoms with van der Waals surface area (Å²) in [6.07, 6.45) is -1.86. The lowest BCUT2D eigenvalue weighted by Gasteiger charge is -2.21. The smallest absolute Gasteiger partial charge is 0.351 e. The summed E-state index contributed by atoms with van der Waals surface area (Å²) in [7, 11) is 0. The highest BCUT2D eigenvalue weighted by atomic mass is 35.5. The standard InChI is InChI=1S/C16H16ClN3O6/c17-9-3-1-8(2-4-9)15-25-12-10(7-21)24-14(13(12)26-15)20-6-5-11(19-23)18-16(20)22/h1-6,10,12-15,21,23H,7H2,(H,18,19,22)/t10-,12-,13-,14-,15?/m1/s1. The molecule has 10 heteroatoms. The Kier molecular flexibility index (Phi) is 4.65. The van der Waals surface area contributed by atoms with Gasteiger partial charge in [-0.15, -0.1) is 0 Å². The molecule has 3 N–H and O–H groups in total. The van der Waals surface area contributed by atoms with Crippen LogP contribution in [0.15, 0.2) is 41.3 Å². The second kappa shape index (κ2) is 6.95. The molecule has 1 aromatic carbocycles. The van der Waals surface area contributed by atoms with Crippen LogP contribution in [-0.4, -0.2) is 44.8 Å². The molecule has 0 radical (unpaired) electrons. The second-order valence-electron chi connectivity index (χ2n) is 5.95. The van der Waals surface area contributed by atoms with Crippen molar-refractivity contribution in [3.05, 3.63) is 57.6 Å². The number of hydrogen-bond acceptors (Lipinski definition) is 8. The van der Waals surface area contributed by atoms with Gasteiger partial charge in [-0.3, -0.25) is 15.3 Å². The van der Waals surface area contributed by atoms with E-state index in [-0.39, 0.29) is 12.4 Å². The van der Waals surface area contributed by atoms with Gasteiger partial charge in [0.25, 0.3) is 0 Å². The summed E-state index contributed by atoms with van der Waals surface area (Å²) < 4.78 is 18.9. The van der Waals surface area contributed by atoms with Gasteiger partial charge in [0.15, 0.2) is 18.3 Å². The maximum absolute atomic E-state index is 12.2. The number of aromatic nitrogens is 2. The van der Waals surface area contributed by atoms with E-state index in [9.17, 15) is 9.90 Å². The van der Waals surface area contributed by atoms with Gasteiger partial charge in [0.1, 0.15) is 18.3 Å². The Labute approximate surface area is 152 Å². The van der Waals surface area contributed by atoms with Gasteiger partial charge in [-0.1, -0.05) is 23.7 Å². The fraction of sp³-hybridized carbons (Fsp3) is 0.375. The lowest BCUT2D eigenvalue weighted by molar-refractivity contribution is -0.155. The lowest BCUT2D eigenvalue weighted by atomic mass is 10.1. The number of aliphatic hydroxyl groups excluding tert-OH is 1. The Hall–Kier alpha value is -2.01. The van der Waals surface area contributed by atoms with Crippen molar-refractivity contribution in [1.82, 2.24) is 9.55 Å². The molecule has 2 aliphatic rings. The fourth-order valence-electron chi connectivity index (χ4n) is 3.15. The molecule has 2 saturated heterocycles. The van der Waals surface area contributed by atoms with Gasteiger partial charge >= 0.3 is 5.69 Å². The third-order valence-electron chi connectivity index (χ3n) is 4.39. The summed E-state index contributed by atoms with van der Waals surface area (Å²) in [5, 5.41) is 19.0. The fourth-order valence-corrected chi connectivity index (χ4v) is 3.28. The summed E-state index contributed by atoms with van der Waals surface area (Å²) in [4.78, 5) is 15.9. The van der Waals surface area contributed by atoms with Crippen LogP contribution in [0, 0.1) is 0 Å². The minimum atomic E-state index is -0.817. The quantitative estimate of drug-likeness (QED) is 0.674. The van der Waals surface area contributed by atoms with E-state index in [1.165, 1.54) is 16.8 Å². The molecule has 26 heavy (non-hydrogen) atoms. The molecule has 0 spiro atoms. The van der Waals surface area contributed by atoms with Gasteiger partial charge < -0.3 is 19.3 Å². The largest absolute Gasteiger partial charge is 0.394 e. The van der Waals surface area contributed by atoms with Crippen LogP contribution in [-0.2, 0) is 14.2 Å². The van der Waals surface area contributed by atoms with E-state index < -0.39 is 36.5 Å². The zero-order valence-electron chi connectivity index (χ0n) is 13.4. The first kappa shape index (κ1) is 17.4. The predicted octanol–water partition coefficient (Wildman–Crippen LogP) is 1.07. The van der Waals surface area contributed by atoms with Crippen molar-refractivity contribution in [2.45, 2.75) is 30.8 Å². The Balaban J connectivity index is 1.62. The van der Waals surface area contributed by atoms with Crippen LogP contribution < -0.4 is 11.2 Å². The molecule has 9 nitrogen and oxygen atoms in total. The zero-order valence-corrected chi connectivity index (χ0v) is 14.1. The van der Waals surface area contributed by atoms with Crippen molar-refractivity contribution in [1.29, 1.82) is 0 Å². The molecule has 0 bridgehead atoms. The summed E-state index contributed by atoms with van der Waals surface area (Å²) >= 11 is 5.90. The van der Waals surface area contributed by atoms with E-state index in [4.69, 9.17) is 31.0 Å². The van der Waals surface area contributed by atoms with Gasteiger partial charge in [-0.2, -0.15) is 4.98 Å². The van der Waals surface area contributed by atoms with Crippen LogP contribution in [0.5, 0.6) is 0 Å². The minimum Gasteiger partial charge on any atom is -0.394 e. The normalized spacial score (nSPS) is 30.3. The van der Waals surface area contributed by atoms with E-state index in [0.717, 1.165) is 5.56 Å². The number of ether oxygens (including phenoxy) is 3. The van der Waals surface area contributed by atoms with Crippen LogP contribution >= 0.6 is 11.6 Å². The van der Waals surface area contributed by atoms with Gasteiger partial charge in [0.05, 0.1) is 6.61 Å². The van der Waals surface area contributed by atoms with Crippen LogP contribution in [0.4, 0.5) is 5.82 Å². The second-order valence-corrected chi connectivity index (χ2v) is 6.38. The molecule has 0 aliphatic carbocycles. The Bertz CT molecular complexity index is 845. The van der Waals surface area contributed by atoms with E-state index in [1.54, 1.807) is 24.3 Å². The first-order valence-corrected chi connectivity index (χ1v) is 8.30. The monoisotopic (exact) mass is 381 g/mol. The molecule has 1 aromatic heterocycles. The van der Waals surface area contributed by atoms with Crippen molar-refractivity contribution < 1.29 is 24.5 Å². The first-order chi connectivity index (χ1) is 12.6. The van der Waals surface area contributed by atoms with Gasteiger partial charge in [0.2, 0.25) is 0 Å². The molecular formula is C16H16ClN3O6. The van der Waals surface area contributed by atoms with Crippen LogP contribution in [0.2, 0.25) is 5.02 Å². The van der Waals surface area contributed by atoms with Gasteiger partial charge in [-0.25, -0.2) is 4.79 Å². The summed E-state index contributed by atoms with van der Waals surface area (Å²) in [5.41, 5.74) is 1.95. The SMILES string of the molecule is O=c1nc(NO)ccn1[C@@H]1O[C@H](CO)[C@H]2OC(c3ccc(Cl)cc3)O[C@H]21. The van der Waals surface area contributed by atoms with Gasteiger partial charge in [-0.05, 0) is 18.2 Å². The number of rotatable bonds is 4. The molecule has 2 fully saturated rings. The topological polar surface area (TPSA) is 115 Å². The van der Waals surface area contributed by atoms with E-state index in [1.807, 2.05) is 5.48 Å². The molecule has 4 rings (SSSR count). The molecule has 3 heterocycles. The molecule has 138 valence electrons. The van der Waals surface area contributed by atoms with Crippen molar-refractivity contribution in [3.63, 3.8) is 0 Å². The van der Waals surface area contributed by atoms with E-state index in [0.29, 0.717) is 5.02 Å². The van der Waals surface area contributed by atoms with Crippen molar-refractivity contribution >= 4 is 17.4 Å². The first-order valence-electron chi connectivity index (χ1n) is 7.92. The number of halogens is 1. The van der Waals surface area contributed by atoms with Crippen molar-refractivity contribution in [2.24, 2.45) is 0 Å². The molecule has 2 aromatic rings. The van der Waals surface area contributed by atoms with Crippen molar-refractivity contribution in [3.8, 4) is 0 Å². The summed E-state index contributed by atoms with van der Waals surface area (Å²) in [5.74, 6) is 0.0159. The van der Waals surface area contributed by atoms with Gasteiger partial charge in [0, 0.05) is 16.8 Å². The summed E-state index contributed by atoms with van der Waals surface area (Å²) in [6, 6.07) is 8.44. The van der Waals surface area contributed by atoms with Crippen LogP contribution in [0.25, 0.3) is 0 Å². The highest BCUT2D eigenvalue weighted by Gasteiger charge is 2.53. The lowest BCUT2D eigenvalue weighted by Crippen LogP contribution is -2.34. The number of anilines is 1. The van der Waals surface area contributed by atoms with Crippen LogP contribution in [0.1, 0.15) is 18.1 Å². The molecule has 5 atom stereocenters. The number of hydrogen-bond donors (Lipinski definition) is 3. The molecule has 0 amide bonds. The highest BCUT2D eigenvalue weighted by Crippen LogP contribution is 2.43. The minimum absolute atomic E-state index is 0.0159. The average molecular weight is 382 g/mol. The maximum Gasteiger partial charge on any atom is 0.351 e. The third-order valence-corrected chi connectivity index (χ3v) is 4.64. The highest BCUT2D eigenvalue weighted by molar-refractivity contribution is 6.30. The molecule has 0 saturated carbocycles.